The van der Waals surface area contributed by atoms with Crippen molar-refractivity contribution in [1.29, 1.82) is 0 Å². The van der Waals surface area contributed by atoms with Gasteiger partial charge in [-0.05, 0) is 38.4 Å². The van der Waals surface area contributed by atoms with Crippen LogP contribution < -0.4 is 4.90 Å². The Kier molecular flexibility index (Phi) is 8.60. The van der Waals surface area contributed by atoms with Crippen LogP contribution in [0.3, 0.4) is 0 Å². The predicted octanol–water partition coefficient (Wildman–Crippen LogP) is 3.34. The van der Waals surface area contributed by atoms with Crippen LogP contribution in [0, 0.1) is 6.92 Å². The lowest BCUT2D eigenvalue weighted by atomic mass is 9.72. The molecule has 12 heteroatoms. The molecule has 2 aliphatic rings. The molecule has 2 aromatic heterocycles. The summed E-state index contributed by atoms with van der Waals surface area (Å²) in [6.07, 6.45) is 3.49. The first kappa shape index (κ1) is 29.0. The number of carbonyl (C=O) groups excluding carboxylic acids is 1. The summed E-state index contributed by atoms with van der Waals surface area (Å²) >= 11 is 0. The summed E-state index contributed by atoms with van der Waals surface area (Å²) in [6.45, 7) is 7.49. The number of anilines is 1. The van der Waals surface area contributed by atoms with Crippen molar-refractivity contribution in [2.45, 2.75) is 37.9 Å². The van der Waals surface area contributed by atoms with Crippen molar-refractivity contribution in [1.82, 2.24) is 34.6 Å². The molecule has 0 bridgehead atoms. The van der Waals surface area contributed by atoms with Gasteiger partial charge in [-0.25, -0.2) is 9.97 Å². The van der Waals surface area contributed by atoms with E-state index in [4.69, 9.17) is 0 Å². The number of amides is 1. The number of nitrogens with one attached hydrogen (secondary N) is 1. The Morgan fingerprint density at radius 2 is 1.83 bits per heavy atom. The Hall–Kier alpha value is -3.51. The zero-order valence-corrected chi connectivity index (χ0v) is 23.6. The van der Waals surface area contributed by atoms with Gasteiger partial charge in [-0.3, -0.25) is 19.6 Å². The van der Waals surface area contributed by atoms with Gasteiger partial charge in [0, 0.05) is 75.9 Å². The minimum atomic E-state index is -4.41. The number of aryl methyl sites for hydroxylation is 1. The van der Waals surface area contributed by atoms with Gasteiger partial charge in [0.2, 0.25) is 5.91 Å². The summed E-state index contributed by atoms with van der Waals surface area (Å²) < 4.78 is 40.9. The van der Waals surface area contributed by atoms with E-state index in [-0.39, 0.29) is 5.91 Å². The molecule has 3 aromatic rings. The van der Waals surface area contributed by atoms with Gasteiger partial charge in [0.15, 0.2) is 0 Å². The maximum absolute atomic E-state index is 13.6. The average molecular weight is 571 g/mol. The van der Waals surface area contributed by atoms with E-state index in [0.717, 1.165) is 49.5 Å². The van der Waals surface area contributed by atoms with Crippen molar-refractivity contribution >= 4 is 11.7 Å². The van der Waals surface area contributed by atoms with Crippen molar-refractivity contribution in [3.05, 3.63) is 71.7 Å². The van der Waals surface area contributed by atoms with Crippen LogP contribution in [-0.4, -0.2) is 99.9 Å². The number of aromatic nitrogens is 4. The maximum atomic E-state index is 13.6. The molecule has 4 heterocycles. The Labute approximate surface area is 238 Å². The van der Waals surface area contributed by atoms with E-state index in [0.29, 0.717) is 51.1 Å². The molecule has 5 rings (SSSR count). The number of nitrogens with zero attached hydrogens (tertiary/aromatic N) is 7. The number of hydrogen-bond acceptors (Lipinski definition) is 7. The summed E-state index contributed by atoms with van der Waals surface area (Å²) in [7, 11) is 1.97. The van der Waals surface area contributed by atoms with Crippen LogP contribution in [0.15, 0.2) is 49.2 Å². The van der Waals surface area contributed by atoms with E-state index in [1.165, 1.54) is 12.1 Å². The van der Waals surface area contributed by atoms with Crippen molar-refractivity contribution < 1.29 is 18.0 Å². The molecular formula is C29H37F3N8O. The Morgan fingerprint density at radius 1 is 1.07 bits per heavy atom. The number of rotatable bonds is 8. The van der Waals surface area contributed by atoms with Crippen LogP contribution in [0.2, 0.25) is 0 Å². The molecule has 2 aliphatic heterocycles. The van der Waals surface area contributed by atoms with E-state index in [1.807, 2.05) is 18.9 Å². The van der Waals surface area contributed by atoms with Crippen LogP contribution in [0.25, 0.3) is 0 Å². The molecule has 220 valence electrons. The van der Waals surface area contributed by atoms with Crippen LogP contribution in [0.4, 0.5) is 19.0 Å². The quantitative estimate of drug-likeness (QED) is 0.445. The van der Waals surface area contributed by atoms with Crippen LogP contribution >= 0.6 is 0 Å². The molecule has 0 saturated carbocycles. The van der Waals surface area contributed by atoms with Gasteiger partial charge in [-0.15, -0.1) is 0 Å². The summed E-state index contributed by atoms with van der Waals surface area (Å²) in [6, 6.07) is 5.71. The molecule has 0 unspecified atom stereocenters. The number of piperidine rings is 1. The van der Waals surface area contributed by atoms with Crippen LogP contribution in [0.1, 0.15) is 35.4 Å². The van der Waals surface area contributed by atoms with Crippen molar-refractivity contribution in [2.24, 2.45) is 0 Å². The Morgan fingerprint density at radius 3 is 2.46 bits per heavy atom. The largest absolute Gasteiger partial charge is 0.416 e. The highest BCUT2D eigenvalue weighted by molar-refractivity contribution is 5.78. The zero-order chi connectivity index (χ0) is 29.0. The lowest BCUT2D eigenvalue weighted by molar-refractivity contribution is -0.137. The number of halogens is 3. The minimum Gasteiger partial charge on any atom is -0.353 e. The molecular weight excluding hydrogens is 533 g/mol. The highest BCUT2D eigenvalue weighted by Crippen LogP contribution is 2.39. The molecule has 0 atom stereocenters. The summed E-state index contributed by atoms with van der Waals surface area (Å²) in [4.78, 5) is 37.6. The van der Waals surface area contributed by atoms with Gasteiger partial charge in [0.05, 0.1) is 30.3 Å². The topological polar surface area (TPSA) is 84.5 Å². The third-order valence-electron chi connectivity index (χ3n) is 8.41. The van der Waals surface area contributed by atoms with E-state index < -0.39 is 17.2 Å². The summed E-state index contributed by atoms with van der Waals surface area (Å²) in [5.41, 5.74) is 1.41. The lowest BCUT2D eigenvalue weighted by Crippen LogP contribution is -2.53. The van der Waals surface area contributed by atoms with Crippen molar-refractivity contribution in [3.8, 4) is 0 Å². The molecule has 1 aromatic carbocycles. The molecule has 9 nitrogen and oxygen atoms in total. The highest BCUT2D eigenvalue weighted by Gasteiger charge is 2.40. The number of likely N-dealkylation sites (tertiary alicyclic amines) is 1. The second kappa shape index (κ2) is 12.2. The molecule has 2 fully saturated rings. The molecule has 2 saturated heterocycles. The molecule has 0 spiro atoms. The maximum Gasteiger partial charge on any atom is 0.416 e. The Bertz CT molecular complexity index is 1300. The number of benzene rings is 1. The molecule has 1 N–H and O–H groups in total. The molecule has 41 heavy (non-hydrogen) atoms. The number of likely N-dealkylation sites (N-methyl/N-ethyl adjacent to an activating group) is 1. The number of carbonyl (C=O) groups is 1. The number of imidazole rings is 1. The van der Waals surface area contributed by atoms with Gasteiger partial charge in [-0.1, -0.05) is 18.2 Å². The standard InChI is InChI=1S/C29H37F3N8O/c1-22-25(36-21-35-22)18-37(2)20-28(23-4-3-5-24(16-23)29(30,31)32)6-10-40(11-7-28)27(41)19-38-12-14-39(15-13-38)26-17-33-8-9-34-26/h3-5,8-9,16-17,21H,6-7,10-15,18-20H2,1-2H3,(H,35,36). The first-order chi connectivity index (χ1) is 19.6. The third-order valence-corrected chi connectivity index (χ3v) is 8.41. The number of H-pyrrole nitrogens is 1. The fourth-order valence-electron chi connectivity index (χ4n) is 6.00. The van der Waals surface area contributed by atoms with Crippen LogP contribution in [0.5, 0.6) is 0 Å². The minimum absolute atomic E-state index is 0.0658. The molecule has 0 aliphatic carbocycles. The monoisotopic (exact) mass is 570 g/mol. The van der Waals surface area contributed by atoms with Gasteiger partial charge in [0.25, 0.3) is 0 Å². The average Bonchev–Trinajstić information content (AvgIpc) is 3.37. The highest BCUT2D eigenvalue weighted by atomic mass is 19.4. The first-order valence-corrected chi connectivity index (χ1v) is 14.0. The van der Waals surface area contributed by atoms with Crippen molar-refractivity contribution in [3.63, 3.8) is 0 Å². The summed E-state index contributed by atoms with van der Waals surface area (Å²) in [5, 5.41) is 0. The zero-order valence-electron chi connectivity index (χ0n) is 23.6. The number of hydrogen-bond donors (Lipinski definition) is 1. The first-order valence-electron chi connectivity index (χ1n) is 14.0. The van der Waals surface area contributed by atoms with E-state index in [9.17, 15) is 18.0 Å². The summed E-state index contributed by atoms with van der Waals surface area (Å²) in [5.74, 6) is 0.906. The van der Waals surface area contributed by atoms with E-state index in [1.54, 1.807) is 31.0 Å². The lowest BCUT2D eigenvalue weighted by Gasteiger charge is -2.45. The van der Waals surface area contributed by atoms with Gasteiger partial charge in [-0.2, -0.15) is 13.2 Å². The van der Waals surface area contributed by atoms with Gasteiger partial charge in [0.1, 0.15) is 5.82 Å². The molecule has 0 radical (unpaired) electrons. The second-order valence-corrected chi connectivity index (χ2v) is 11.2. The SMILES string of the molecule is Cc1[nH]cnc1CN(C)CC1(c2cccc(C(F)(F)F)c2)CCN(C(=O)CN2CCN(c3cnccn3)CC2)CC1. The second-order valence-electron chi connectivity index (χ2n) is 11.2. The molecule has 1 amide bonds. The van der Waals surface area contributed by atoms with Gasteiger partial charge >= 0.3 is 6.18 Å². The van der Waals surface area contributed by atoms with Crippen molar-refractivity contribution in [2.75, 3.05) is 64.3 Å². The number of aromatic amines is 1. The fraction of sp³-hybridized carbons (Fsp3) is 0.517. The van der Waals surface area contributed by atoms with Crippen LogP contribution in [-0.2, 0) is 22.9 Å². The smallest absolute Gasteiger partial charge is 0.353 e. The van der Waals surface area contributed by atoms with E-state index >= 15 is 0 Å². The predicted molar refractivity (Wildman–Crippen MR) is 149 cm³/mol. The van der Waals surface area contributed by atoms with Gasteiger partial charge < -0.3 is 14.8 Å². The number of alkyl halides is 3. The number of piperazine rings is 1. The third kappa shape index (κ3) is 6.87. The normalized spacial score (nSPS) is 18.2. The fourth-order valence-corrected chi connectivity index (χ4v) is 6.00. The van der Waals surface area contributed by atoms with E-state index in [2.05, 4.69) is 34.6 Å². The Balaban J connectivity index is 1.24.